The van der Waals surface area contributed by atoms with Crippen LogP contribution in [0.4, 0.5) is 0 Å². The summed E-state index contributed by atoms with van der Waals surface area (Å²) in [5.41, 5.74) is 0.740. The number of hydrogen-bond acceptors (Lipinski definition) is 3. The lowest BCUT2D eigenvalue weighted by molar-refractivity contribution is -0.120. The Hall–Kier alpha value is -1.84. The van der Waals surface area contributed by atoms with E-state index in [-0.39, 0.29) is 0 Å². The van der Waals surface area contributed by atoms with Gasteiger partial charge in [0.05, 0.1) is 6.20 Å². The molecule has 1 aromatic carbocycles. The molecule has 12 heavy (non-hydrogen) atoms. The molecule has 0 aliphatic heterocycles. The number of fused-ring (bicyclic) bond motifs is 1. The third kappa shape index (κ3) is 0.934. The number of para-hydroxylation sites is 1. The van der Waals surface area contributed by atoms with Gasteiger partial charge >= 0.3 is 0 Å². The number of ether oxygens (including phenoxy) is 1. The third-order valence-electron chi connectivity index (χ3n) is 1.61. The minimum atomic E-state index is 0.398. The molecule has 0 spiro atoms. The van der Waals surface area contributed by atoms with Crippen LogP contribution >= 0.6 is 0 Å². The number of aromatic amines is 1. The lowest BCUT2D eigenvalue weighted by Gasteiger charge is -1.96. The van der Waals surface area contributed by atoms with E-state index in [1.807, 2.05) is 6.07 Å². The van der Waals surface area contributed by atoms with Crippen LogP contribution in [0.5, 0.6) is 5.75 Å². The molecule has 0 amide bonds. The van der Waals surface area contributed by atoms with Crippen molar-refractivity contribution in [3.8, 4) is 5.75 Å². The molecule has 0 fully saturated rings. The average Bonchev–Trinajstić information content (AvgIpc) is 2.53. The summed E-state index contributed by atoms with van der Waals surface area (Å²) < 4.78 is 4.73. The van der Waals surface area contributed by atoms with E-state index in [0.717, 1.165) is 10.9 Å². The highest BCUT2D eigenvalue weighted by atomic mass is 16.5. The van der Waals surface area contributed by atoms with Crippen molar-refractivity contribution in [2.24, 2.45) is 0 Å². The van der Waals surface area contributed by atoms with Crippen molar-refractivity contribution in [2.75, 3.05) is 0 Å². The van der Waals surface area contributed by atoms with Gasteiger partial charge in [-0.3, -0.25) is 9.89 Å². The summed E-state index contributed by atoms with van der Waals surface area (Å²) in [6.07, 6.45) is 1.67. The predicted molar refractivity (Wildman–Crippen MR) is 42.8 cm³/mol. The zero-order valence-electron chi connectivity index (χ0n) is 6.15. The highest BCUT2D eigenvalue weighted by Crippen LogP contribution is 2.21. The second-order valence-corrected chi connectivity index (χ2v) is 2.30. The van der Waals surface area contributed by atoms with E-state index in [0.29, 0.717) is 12.2 Å². The lowest BCUT2D eigenvalue weighted by atomic mass is 10.2. The zero-order valence-corrected chi connectivity index (χ0v) is 6.15. The number of hydrogen-bond donors (Lipinski definition) is 1. The minimum Gasteiger partial charge on any atom is -0.426 e. The predicted octanol–water partition coefficient (Wildman–Crippen LogP) is 1.10. The van der Waals surface area contributed by atoms with E-state index < -0.39 is 0 Å². The summed E-state index contributed by atoms with van der Waals surface area (Å²) in [7, 11) is 0. The molecule has 60 valence electrons. The molecule has 0 radical (unpaired) electrons. The smallest absolute Gasteiger partial charge is 0.298 e. The number of H-pyrrole nitrogens is 1. The Morgan fingerprint density at radius 1 is 1.50 bits per heavy atom. The molecule has 0 saturated carbocycles. The first kappa shape index (κ1) is 6.84. The highest BCUT2D eigenvalue weighted by Gasteiger charge is 2.01. The molecule has 2 aromatic rings. The minimum absolute atomic E-state index is 0.398. The van der Waals surface area contributed by atoms with Crippen LogP contribution in [0, 0.1) is 0 Å². The molecular formula is C8H6N2O2. The maximum absolute atomic E-state index is 10.1. The maximum atomic E-state index is 10.1. The van der Waals surface area contributed by atoms with Gasteiger partial charge in [0.2, 0.25) is 0 Å². The Morgan fingerprint density at radius 2 is 2.42 bits per heavy atom. The summed E-state index contributed by atoms with van der Waals surface area (Å²) in [5, 5.41) is 7.49. The van der Waals surface area contributed by atoms with Crippen LogP contribution < -0.4 is 4.74 Å². The molecule has 0 aliphatic rings. The normalized spacial score (nSPS) is 10.0. The standard InChI is InChI=1S/C8H6N2O2/c11-5-12-7-3-1-2-6-4-9-10-8(6)7/h1-5H,(H,9,10). The van der Waals surface area contributed by atoms with Crippen LogP contribution in [0.15, 0.2) is 24.4 Å². The molecule has 0 bridgehead atoms. The Morgan fingerprint density at radius 3 is 3.25 bits per heavy atom. The number of carbonyl (C=O) groups excluding carboxylic acids is 1. The summed E-state index contributed by atoms with van der Waals surface area (Å²) in [6, 6.07) is 5.39. The Labute approximate surface area is 68.2 Å². The number of rotatable bonds is 2. The molecule has 1 heterocycles. The van der Waals surface area contributed by atoms with E-state index in [9.17, 15) is 4.79 Å². The van der Waals surface area contributed by atoms with Gasteiger partial charge in [-0.05, 0) is 6.07 Å². The molecule has 1 N–H and O–H groups in total. The highest BCUT2D eigenvalue weighted by molar-refractivity contribution is 5.84. The van der Waals surface area contributed by atoms with Crippen molar-refractivity contribution in [1.29, 1.82) is 0 Å². The van der Waals surface area contributed by atoms with Crippen molar-refractivity contribution in [1.82, 2.24) is 10.2 Å². The van der Waals surface area contributed by atoms with Crippen molar-refractivity contribution in [3.63, 3.8) is 0 Å². The van der Waals surface area contributed by atoms with E-state index in [1.54, 1.807) is 18.3 Å². The molecule has 0 saturated heterocycles. The summed E-state index contributed by atoms with van der Waals surface area (Å²) >= 11 is 0. The Bertz CT molecular complexity index is 408. The maximum Gasteiger partial charge on any atom is 0.298 e. The Kier molecular flexibility index (Phi) is 1.51. The number of nitrogens with one attached hydrogen (secondary N) is 1. The topological polar surface area (TPSA) is 55.0 Å². The van der Waals surface area contributed by atoms with E-state index >= 15 is 0 Å². The van der Waals surface area contributed by atoms with Crippen LogP contribution in [-0.2, 0) is 4.79 Å². The van der Waals surface area contributed by atoms with Gasteiger partial charge in [-0.15, -0.1) is 0 Å². The number of aromatic nitrogens is 2. The van der Waals surface area contributed by atoms with Crippen LogP contribution in [-0.4, -0.2) is 16.7 Å². The Balaban J connectivity index is 2.65. The van der Waals surface area contributed by atoms with Crippen molar-refractivity contribution in [2.45, 2.75) is 0 Å². The average molecular weight is 162 g/mol. The number of carbonyl (C=O) groups is 1. The summed E-state index contributed by atoms with van der Waals surface area (Å²) in [6.45, 7) is 0.398. The van der Waals surface area contributed by atoms with Gasteiger partial charge in [0.1, 0.15) is 5.52 Å². The largest absolute Gasteiger partial charge is 0.426 e. The fourth-order valence-electron chi connectivity index (χ4n) is 1.09. The van der Waals surface area contributed by atoms with Crippen molar-refractivity contribution in [3.05, 3.63) is 24.4 Å². The fourth-order valence-corrected chi connectivity index (χ4v) is 1.09. The number of benzene rings is 1. The second-order valence-electron chi connectivity index (χ2n) is 2.30. The van der Waals surface area contributed by atoms with Gasteiger partial charge in [-0.2, -0.15) is 5.10 Å². The summed E-state index contributed by atoms with van der Waals surface area (Å²) in [4.78, 5) is 10.1. The number of nitrogens with zero attached hydrogens (tertiary/aromatic N) is 1. The van der Waals surface area contributed by atoms with Gasteiger partial charge < -0.3 is 4.74 Å². The van der Waals surface area contributed by atoms with Gasteiger partial charge in [-0.25, -0.2) is 0 Å². The van der Waals surface area contributed by atoms with Gasteiger partial charge in [0, 0.05) is 5.39 Å². The van der Waals surface area contributed by atoms with Gasteiger partial charge in [0.25, 0.3) is 6.47 Å². The van der Waals surface area contributed by atoms with Crippen molar-refractivity contribution < 1.29 is 9.53 Å². The van der Waals surface area contributed by atoms with E-state index in [4.69, 9.17) is 4.74 Å². The fraction of sp³-hybridized carbons (Fsp3) is 0. The van der Waals surface area contributed by atoms with E-state index in [1.165, 1.54) is 0 Å². The van der Waals surface area contributed by atoms with Crippen molar-refractivity contribution >= 4 is 17.4 Å². The lowest BCUT2D eigenvalue weighted by Crippen LogP contribution is -1.88. The van der Waals surface area contributed by atoms with Crippen LogP contribution in [0.2, 0.25) is 0 Å². The van der Waals surface area contributed by atoms with E-state index in [2.05, 4.69) is 10.2 Å². The van der Waals surface area contributed by atoms with Gasteiger partial charge in [0.15, 0.2) is 5.75 Å². The molecule has 2 rings (SSSR count). The first-order valence-corrected chi connectivity index (χ1v) is 3.44. The molecular weight excluding hydrogens is 156 g/mol. The molecule has 0 unspecified atom stereocenters. The monoisotopic (exact) mass is 162 g/mol. The van der Waals surface area contributed by atoms with Gasteiger partial charge in [-0.1, -0.05) is 12.1 Å². The van der Waals surface area contributed by atoms with Crippen LogP contribution in [0.1, 0.15) is 0 Å². The van der Waals surface area contributed by atoms with Crippen LogP contribution in [0.3, 0.4) is 0 Å². The molecule has 4 nitrogen and oxygen atoms in total. The quantitative estimate of drug-likeness (QED) is 0.672. The molecule has 0 aliphatic carbocycles. The SMILES string of the molecule is O=COc1cccc2cn[nH]c12. The molecule has 4 heteroatoms. The second kappa shape index (κ2) is 2.65. The summed E-state index contributed by atoms with van der Waals surface area (Å²) in [5.74, 6) is 0.500. The van der Waals surface area contributed by atoms with Crippen LogP contribution in [0.25, 0.3) is 10.9 Å². The third-order valence-corrected chi connectivity index (χ3v) is 1.61. The first-order valence-electron chi connectivity index (χ1n) is 3.44. The first-order chi connectivity index (χ1) is 5.92. The zero-order chi connectivity index (χ0) is 8.39. The molecule has 1 aromatic heterocycles. The molecule has 0 atom stereocenters.